The zero-order chi connectivity index (χ0) is 26.6. The number of nitrogens with zero attached hydrogens (tertiary/aromatic N) is 2. The van der Waals surface area contributed by atoms with E-state index in [1.165, 1.54) is 24.2 Å². The monoisotopic (exact) mass is 504 g/mol. The number of benzene rings is 1. The van der Waals surface area contributed by atoms with Gasteiger partial charge in [-0.25, -0.2) is 4.98 Å². The summed E-state index contributed by atoms with van der Waals surface area (Å²) in [5.74, 6) is -0.146. The number of carbonyl (C=O) groups excluding carboxylic acids is 2. The van der Waals surface area contributed by atoms with Crippen molar-refractivity contribution in [1.82, 2.24) is 20.6 Å². The molecular formula is C28H37BN4O4. The maximum Gasteiger partial charge on any atom is 0.482 e. The smallest absolute Gasteiger partial charge is 0.404 e. The van der Waals surface area contributed by atoms with Gasteiger partial charge in [-0.05, 0) is 69.8 Å². The van der Waals surface area contributed by atoms with Gasteiger partial charge in [0.1, 0.15) is 11.2 Å². The Morgan fingerprint density at radius 1 is 1.16 bits per heavy atom. The number of carbonyl (C=O) groups is 2. The minimum Gasteiger partial charge on any atom is -0.404 e. The molecule has 1 aromatic carbocycles. The molecule has 0 radical (unpaired) electrons. The van der Waals surface area contributed by atoms with E-state index in [2.05, 4.69) is 65.6 Å². The molecule has 2 amide bonds. The molecular weight excluding hydrogens is 467 g/mol. The van der Waals surface area contributed by atoms with Crippen LogP contribution in [0.15, 0.2) is 42.9 Å². The highest BCUT2D eigenvalue weighted by Crippen LogP contribution is 2.65. The average molecular weight is 504 g/mol. The molecule has 9 heteroatoms. The fraction of sp³-hybridized carbons (Fsp3) is 0.571. The van der Waals surface area contributed by atoms with Crippen LogP contribution in [0.25, 0.3) is 0 Å². The Hall–Kier alpha value is -2.78. The van der Waals surface area contributed by atoms with E-state index in [1.807, 2.05) is 6.92 Å². The molecule has 3 saturated carbocycles. The van der Waals surface area contributed by atoms with Crippen LogP contribution in [-0.4, -0.2) is 52.1 Å². The molecule has 37 heavy (non-hydrogen) atoms. The Kier molecular flexibility index (Phi) is 6.43. The quantitative estimate of drug-likeness (QED) is 0.562. The van der Waals surface area contributed by atoms with Crippen molar-refractivity contribution in [2.45, 2.75) is 84.0 Å². The molecule has 2 bridgehead atoms. The highest BCUT2D eigenvalue weighted by atomic mass is 16.7. The standard InChI is InChI=1S/C28H37BN4O4/c1-17-7-9-18(10-8-17)13-23(29-36-22-15-19-14-21(26(19,2)3)28(22,6)37-29)32-25(35)27(4,5)33-24(34)20-16-30-11-12-31-20/h7-12,16,19,21-23H,13-15H2,1-6H3,(H,32,35)(H,33,34)/t19-,21-,22+,23-,28-/m0/s1. The zero-order valence-electron chi connectivity index (χ0n) is 22.6. The predicted octanol–water partition coefficient (Wildman–Crippen LogP) is 3.29. The fourth-order valence-electron chi connectivity index (χ4n) is 6.43. The minimum absolute atomic E-state index is 0.0102. The van der Waals surface area contributed by atoms with Crippen LogP contribution in [0.4, 0.5) is 0 Å². The van der Waals surface area contributed by atoms with E-state index >= 15 is 0 Å². The second-order valence-electron chi connectivity index (χ2n) is 12.3. The number of rotatable bonds is 7. The second-order valence-corrected chi connectivity index (χ2v) is 12.3. The molecule has 8 nitrogen and oxygen atoms in total. The van der Waals surface area contributed by atoms with E-state index in [4.69, 9.17) is 9.31 Å². The summed E-state index contributed by atoms with van der Waals surface area (Å²) in [5, 5.41) is 5.94. The Morgan fingerprint density at radius 3 is 2.54 bits per heavy atom. The summed E-state index contributed by atoms with van der Waals surface area (Å²) in [5.41, 5.74) is 1.06. The van der Waals surface area contributed by atoms with Gasteiger partial charge < -0.3 is 19.9 Å². The van der Waals surface area contributed by atoms with Crippen molar-refractivity contribution in [2.24, 2.45) is 17.3 Å². The summed E-state index contributed by atoms with van der Waals surface area (Å²) in [6.07, 6.45) is 7.00. The molecule has 2 heterocycles. The van der Waals surface area contributed by atoms with E-state index in [0.717, 1.165) is 18.4 Å². The molecule has 3 aliphatic carbocycles. The van der Waals surface area contributed by atoms with Gasteiger partial charge in [-0.1, -0.05) is 43.7 Å². The van der Waals surface area contributed by atoms with Crippen molar-refractivity contribution < 1.29 is 18.9 Å². The van der Waals surface area contributed by atoms with E-state index in [9.17, 15) is 9.59 Å². The van der Waals surface area contributed by atoms with Crippen molar-refractivity contribution in [3.63, 3.8) is 0 Å². The summed E-state index contributed by atoms with van der Waals surface area (Å²) in [6, 6.07) is 8.26. The fourth-order valence-corrected chi connectivity index (χ4v) is 6.43. The van der Waals surface area contributed by atoms with Crippen molar-refractivity contribution in [3.05, 3.63) is 59.7 Å². The minimum atomic E-state index is -1.20. The number of hydrogen-bond donors (Lipinski definition) is 2. The maximum absolute atomic E-state index is 13.5. The summed E-state index contributed by atoms with van der Waals surface area (Å²) in [6.45, 7) is 12.2. The third-order valence-electron chi connectivity index (χ3n) is 8.98. The lowest BCUT2D eigenvalue weighted by Gasteiger charge is -2.64. The van der Waals surface area contributed by atoms with Crippen molar-refractivity contribution in [1.29, 1.82) is 0 Å². The lowest BCUT2D eigenvalue weighted by molar-refractivity contribution is -0.199. The van der Waals surface area contributed by atoms with Crippen LogP contribution in [0.1, 0.15) is 69.1 Å². The Morgan fingerprint density at radius 2 is 1.89 bits per heavy atom. The van der Waals surface area contributed by atoms with Crippen LogP contribution in [0, 0.1) is 24.2 Å². The molecule has 5 atom stereocenters. The average Bonchev–Trinajstić information content (AvgIpc) is 3.22. The Labute approximate surface area is 219 Å². The van der Waals surface area contributed by atoms with Crippen LogP contribution in [0.3, 0.4) is 0 Å². The SMILES string of the molecule is Cc1ccc(C[C@H](NC(=O)C(C)(C)NC(=O)c2cnccn2)B2O[C@@H]3C[C@@H]4C[C@@H](C4(C)C)[C@]3(C)O2)cc1. The molecule has 2 aromatic rings. The van der Waals surface area contributed by atoms with Crippen molar-refractivity contribution in [3.8, 4) is 0 Å². The number of hydrogen-bond acceptors (Lipinski definition) is 6. The maximum atomic E-state index is 13.5. The van der Waals surface area contributed by atoms with Gasteiger partial charge in [0.25, 0.3) is 5.91 Å². The first-order valence-electron chi connectivity index (χ1n) is 13.2. The number of aromatic nitrogens is 2. The van der Waals surface area contributed by atoms with Gasteiger partial charge in [0, 0.05) is 12.4 Å². The van der Waals surface area contributed by atoms with Gasteiger partial charge >= 0.3 is 7.12 Å². The summed E-state index contributed by atoms with van der Waals surface area (Å²) < 4.78 is 13.3. The summed E-state index contributed by atoms with van der Waals surface area (Å²) in [4.78, 5) is 34.2. The summed E-state index contributed by atoms with van der Waals surface area (Å²) in [7, 11) is -0.582. The van der Waals surface area contributed by atoms with E-state index in [1.54, 1.807) is 13.8 Å². The van der Waals surface area contributed by atoms with E-state index < -0.39 is 24.5 Å². The third-order valence-corrected chi connectivity index (χ3v) is 8.98. The van der Waals surface area contributed by atoms with Crippen molar-refractivity contribution in [2.75, 3.05) is 0 Å². The number of nitrogens with one attached hydrogen (secondary N) is 2. The van der Waals surface area contributed by atoms with Crippen LogP contribution in [0.5, 0.6) is 0 Å². The van der Waals surface area contributed by atoms with Gasteiger partial charge in [-0.3, -0.25) is 14.6 Å². The first kappa shape index (κ1) is 25.9. The predicted molar refractivity (Wildman–Crippen MR) is 141 cm³/mol. The molecule has 4 fully saturated rings. The first-order valence-corrected chi connectivity index (χ1v) is 13.2. The van der Waals surface area contributed by atoms with Gasteiger partial charge in [-0.2, -0.15) is 0 Å². The second kappa shape index (κ2) is 9.20. The lowest BCUT2D eigenvalue weighted by atomic mass is 9.43. The van der Waals surface area contributed by atoms with Crippen LogP contribution in [-0.2, 0) is 20.5 Å². The molecule has 2 N–H and O–H groups in total. The summed E-state index contributed by atoms with van der Waals surface area (Å²) >= 11 is 0. The molecule has 196 valence electrons. The molecule has 1 aliphatic heterocycles. The molecule has 6 rings (SSSR count). The zero-order valence-corrected chi connectivity index (χ0v) is 22.6. The lowest BCUT2D eigenvalue weighted by Crippen LogP contribution is -2.65. The van der Waals surface area contributed by atoms with Crippen LogP contribution < -0.4 is 10.6 Å². The normalized spacial score (nSPS) is 28.6. The molecule has 1 aromatic heterocycles. The highest BCUT2D eigenvalue weighted by molar-refractivity contribution is 6.48. The first-order chi connectivity index (χ1) is 17.4. The topological polar surface area (TPSA) is 102 Å². The molecule has 1 saturated heterocycles. The van der Waals surface area contributed by atoms with Gasteiger partial charge in [-0.15, -0.1) is 0 Å². The van der Waals surface area contributed by atoms with Crippen LogP contribution in [0.2, 0.25) is 0 Å². The van der Waals surface area contributed by atoms with Gasteiger partial charge in [0.2, 0.25) is 5.91 Å². The van der Waals surface area contributed by atoms with Crippen LogP contribution >= 0.6 is 0 Å². The van der Waals surface area contributed by atoms with E-state index in [-0.39, 0.29) is 28.7 Å². The third kappa shape index (κ3) is 4.68. The molecule has 0 unspecified atom stereocenters. The number of amides is 2. The van der Waals surface area contributed by atoms with E-state index in [0.29, 0.717) is 18.3 Å². The number of aryl methyl sites for hydroxylation is 1. The Balaban J connectivity index is 1.35. The Bertz CT molecular complexity index is 1170. The largest absolute Gasteiger partial charge is 0.482 e. The van der Waals surface area contributed by atoms with Crippen molar-refractivity contribution >= 4 is 18.9 Å². The van der Waals surface area contributed by atoms with Gasteiger partial charge in [0.05, 0.1) is 23.8 Å². The molecule has 0 spiro atoms. The molecule has 4 aliphatic rings. The highest BCUT2D eigenvalue weighted by Gasteiger charge is 2.68. The van der Waals surface area contributed by atoms with Gasteiger partial charge in [0.15, 0.2) is 0 Å².